The Hall–Kier alpha value is -2.34. The topological polar surface area (TPSA) is 58.2 Å². The molecule has 0 atom stereocenters. The lowest BCUT2D eigenvalue weighted by Gasteiger charge is -2.13. The molecule has 0 aliphatic heterocycles. The van der Waals surface area contributed by atoms with Crippen LogP contribution in [0.2, 0.25) is 10.0 Å². The average Bonchev–Trinajstić information content (AvgIpc) is 2.69. The lowest BCUT2D eigenvalue weighted by atomic mass is 10.0. The van der Waals surface area contributed by atoms with Crippen LogP contribution in [0.4, 0.5) is 11.4 Å². The number of hydrogen-bond acceptors (Lipinski definition) is 3. The molecule has 0 saturated heterocycles. The maximum absolute atomic E-state index is 12.8. The Morgan fingerprint density at radius 3 is 2.32 bits per heavy atom. The molecule has 0 spiro atoms. The summed E-state index contributed by atoms with van der Waals surface area (Å²) in [5.74, 6) is -0.434. The van der Waals surface area contributed by atoms with Crippen LogP contribution < -0.4 is 10.6 Å². The molecule has 1 amide bonds. The van der Waals surface area contributed by atoms with E-state index in [1.54, 1.807) is 48.5 Å². The highest BCUT2D eigenvalue weighted by Crippen LogP contribution is 2.26. The summed E-state index contributed by atoms with van der Waals surface area (Å²) in [7, 11) is 0. The minimum absolute atomic E-state index is 0.0321. The SMILES string of the molecule is O=C(CNc1ccc(Br)cc1C(=O)c1ccccc1)Nc1ccc(Cl)cc1Cl. The second-order valence-corrected chi connectivity index (χ2v) is 7.67. The van der Waals surface area contributed by atoms with E-state index in [1.807, 2.05) is 18.2 Å². The fourth-order valence-electron chi connectivity index (χ4n) is 2.56. The Balaban J connectivity index is 1.74. The van der Waals surface area contributed by atoms with Gasteiger partial charge < -0.3 is 10.6 Å². The number of carbonyl (C=O) groups excluding carboxylic acids is 2. The Morgan fingerprint density at radius 1 is 0.893 bits per heavy atom. The lowest BCUT2D eigenvalue weighted by molar-refractivity contribution is -0.114. The van der Waals surface area contributed by atoms with Crippen molar-refractivity contribution in [1.82, 2.24) is 0 Å². The van der Waals surface area contributed by atoms with Crippen molar-refractivity contribution in [1.29, 1.82) is 0 Å². The summed E-state index contributed by atoms with van der Waals surface area (Å²) in [5.41, 5.74) is 2.07. The van der Waals surface area contributed by atoms with E-state index in [0.717, 1.165) is 4.47 Å². The van der Waals surface area contributed by atoms with Gasteiger partial charge in [0.1, 0.15) is 0 Å². The van der Waals surface area contributed by atoms with E-state index in [0.29, 0.717) is 32.5 Å². The number of ketones is 1. The zero-order chi connectivity index (χ0) is 20.1. The van der Waals surface area contributed by atoms with Gasteiger partial charge in [0, 0.05) is 26.3 Å². The van der Waals surface area contributed by atoms with E-state index in [-0.39, 0.29) is 18.2 Å². The first-order valence-corrected chi connectivity index (χ1v) is 9.87. The standard InChI is InChI=1S/C21H15BrCl2N2O2/c22-14-6-8-18(16(10-14)21(28)13-4-2-1-3-5-13)25-12-20(27)26-19-9-7-15(23)11-17(19)24/h1-11,25H,12H2,(H,26,27). The van der Waals surface area contributed by atoms with Crippen LogP contribution >= 0.6 is 39.1 Å². The maximum atomic E-state index is 12.8. The second kappa shape index (κ2) is 9.24. The van der Waals surface area contributed by atoms with E-state index in [4.69, 9.17) is 23.2 Å². The van der Waals surface area contributed by atoms with E-state index >= 15 is 0 Å². The van der Waals surface area contributed by atoms with Gasteiger partial charge in [-0.3, -0.25) is 9.59 Å². The smallest absolute Gasteiger partial charge is 0.243 e. The normalized spacial score (nSPS) is 10.4. The molecule has 3 aromatic carbocycles. The Morgan fingerprint density at radius 2 is 1.61 bits per heavy atom. The van der Waals surface area contributed by atoms with Crippen molar-refractivity contribution < 1.29 is 9.59 Å². The predicted octanol–water partition coefficient (Wildman–Crippen LogP) is 6.04. The van der Waals surface area contributed by atoms with Crippen molar-refractivity contribution in [3.63, 3.8) is 0 Å². The third-order valence-corrected chi connectivity index (χ3v) is 4.95. The highest BCUT2D eigenvalue weighted by atomic mass is 79.9. The molecule has 0 bridgehead atoms. The molecule has 142 valence electrons. The number of nitrogens with one attached hydrogen (secondary N) is 2. The molecule has 7 heteroatoms. The molecule has 0 radical (unpaired) electrons. The van der Waals surface area contributed by atoms with E-state index in [2.05, 4.69) is 26.6 Å². The van der Waals surface area contributed by atoms with Crippen molar-refractivity contribution in [2.24, 2.45) is 0 Å². The molecule has 0 aliphatic carbocycles. The first kappa shape index (κ1) is 20.4. The summed E-state index contributed by atoms with van der Waals surface area (Å²) in [6.45, 7) is -0.0321. The van der Waals surface area contributed by atoms with Crippen LogP contribution in [0, 0.1) is 0 Å². The molecular formula is C21H15BrCl2N2O2. The number of amides is 1. The molecule has 0 aliphatic rings. The van der Waals surface area contributed by atoms with Gasteiger partial charge in [0.15, 0.2) is 5.78 Å². The molecule has 0 heterocycles. The van der Waals surface area contributed by atoms with Gasteiger partial charge in [-0.25, -0.2) is 0 Å². The summed E-state index contributed by atoms with van der Waals surface area (Å²) in [6.07, 6.45) is 0. The summed E-state index contributed by atoms with van der Waals surface area (Å²) < 4.78 is 0.773. The molecule has 0 fully saturated rings. The Kier molecular flexibility index (Phi) is 6.73. The first-order valence-electron chi connectivity index (χ1n) is 8.32. The molecule has 4 nitrogen and oxygen atoms in total. The van der Waals surface area contributed by atoms with Crippen LogP contribution in [0.25, 0.3) is 0 Å². The molecule has 0 unspecified atom stereocenters. The first-order chi connectivity index (χ1) is 13.4. The van der Waals surface area contributed by atoms with Gasteiger partial charge in [0.05, 0.1) is 17.3 Å². The van der Waals surface area contributed by atoms with E-state index in [9.17, 15) is 9.59 Å². The van der Waals surface area contributed by atoms with Crippen molar-refractivity contribution in [3.8, 4) is 0 Å². The van der Waals surface area contributed by atoms with E-state index in [1.165, 1.54) is 0 Å². The third kappa shape index (κ3) is 5.13. The van der Waals surface area contributed by atoms with Crippen molar-refractivity contribution in [2.75, 3.05) is 17.2 Å². The van der Waals surface area contributed by atoms with Crippen molar-refractivity contribution in [3.05, 3.63) is 92.4 Å². The highest BCUT2D eigenvalue weighted by Gasteiger charge is 2.15. The monoisotopic (exact) mass is 476 g/mol. The van der Waals surface area contributed by atoms with Crippen LogP contribution in [-0.2, 0) is 4.79 Å². The number of halogens is 3. The van der Waals surface area contributed by atoms with Gasteiger partial charge in [-0.05, 0) is 36.4 Å². The minimum atomic E-state index is -0.301. The molecular weight excluding hydrogens is 463 g/mol. The number of rotatable bonds is 6. The van der Waals surface area contributed by atoms with Crippen LogP contribution in [0.1, 0.15) is 15.9 Å². The number of anilines is 2. The number of hydrogen-bond donors (Lipinski definition) is 2. The lowest BCUT2D eigenvalue weighted by Crippen LogP contribution is -2.22. The summed E-state index contributed by atoms with van der Waals surface area (Å²) in [6, 6.07) is 19.1. The van der Waals surface area contributed by atoms with Gasteiger partial charge in [-0.2, -0.15) is 0 Å². The van der Waals surface area contributed by atoms with Gasteiger partial charge in [0.25, 0.3) is 0 Å². The zero-order valence-electron chi connectivity index (χ0n) is 14.5. The summed E-state index contributed by atoms with van der Waals surface area (Å²) >= 11 is 15.3. The molecule has 2 N–H and O–H groups in total. The van der Waals surface area contributed by atoms with Gasteiger partial charge >= 0.3 is 0 Å². The Labute approximate surface area is 181 Å². The zero-order valence-corrected chi connectivity index (χ0v) is 17.6. The highest BCUT2D eigenvalue weighted by molar-refractivity contribution is 9.10. The number of carbonyl (C=O) groups is 2. The molecule has 3 aromatic rings. The third-order valence-electron chi connectivity index (χ3n) is 3.91. The Bertz CT molecular complexity index is 1030. The quantitative estimate of drug-likeness (QED) is 0.425. The molecule has 0 saturated carbocycles. The van der Waals surface area contributed by atoms with Gasteiger partial charge in [-0.1, -0.05) is 69.5 Å². The van der Waals surface area contributed by atoms with Crippen LogP contribution in [-0.4, -0.2) is 18.2 Å². The average molecular weight is 478 g/mol. The van der Waals surface area contributed by atoms with E-state index < -0.39 is 0 Å². The van der Waals surface area contributed by atoms with Gasteiger partial charge in [-0.15, -0.1) is 0 Å². The number of benzene rings is 3. The van der Waals surface area contributed by atoms with Crippen molar-refractivity contribution >= 4 is 62.2 Å². The predicted molar refractivity (Wildman–Crippen MR) is 118 cm³/mol. The minimum Gasteiger partial charge on any atom is -0.376 e. The second-order valence-electron chi connectivity index (χ2n) is 5.91. The van der Waals surface area contributed by atoms with Crippen LogP contribution in [0.5, 0.6) is 0 Å². The molecule has 0 aromatic heterocycles. The molecule has 28 heavy (non-hydrogen) atoms. The summed E-state index contributed by atoms with van der Waals surface area (Å²) in [5, 5.41) is 6.57. The fourth-order valence-corrected chi connectivity index (χ4v) is 3.38. The van der Waals surface area contributed by atoms with Gasteiger partial charge in [0.2, 0.25) is 5.91 Å². The van der Waals surface area contributed by atoms with Crippen LogP contribution in [0.15, 0.2) is 71.2 Å². The largest absolute Gasteiger partial charge is 0.376 e. The van der Waals surface area contributed by atoms with Crippen molar-refractivity contribution in [2.45, 2.75) is 0 Å². The van der Waals surface area contributed by atoms with Crippen LogP contribution in [0.3, 0.4) is 0 Å². The summed E-state index contributed by atoms with van der Waals surface area (Å²) in [4.78, 5) is 25.1. The molecule has 3 rings (SSSR count). The maximum Gasteiger partial charge on any atom is 0.243 e. The fraction of sp³-hybridized carbons (Fsp3) is 0.0476.